The van der Waals surface area contributed by atoms with Gasteiger partial charge in [0.2, 0.25) is 6.23 Å². The summed E-state index contributed by atoms with van der Waals surface area (Å²) in [6.45, 7) is 0. The van der Waals surface area contributed by atoms with E-state index < -0.39 is 12.0 Å². The highest BCUT2D eigenvalue weighted by Crippen LogP contribution is 2.49. The van der Waals surface area contributed by atoms with Crippen LogP contribution in [0.25, 0.3) is 0 Å². The molecule has 2 atom stereocenters. The zero-order valence-electron chi connectivity index (χ0n) is 14.6. The van der Waals surface area contributed by atoms with E-state index in [1.54, 1.807) is 23.2 Å². The monoisotopic (exact) mass is 412 g/mol. The van der Waals surface area contributed by atoms with Crippen molar-refractivity contribution in [3.63, 3.8) is 0 Å². The molecule has 2 heterocycles. The van der Waals surface area contributed by atoms with Gasteiger partial charge in [0.15, 0.2) is 0 Å². The lowest BCUT2D eigenvalue weighted by atomic mass is 9.96. The normalized spacial score (nSPS) is 20.2. The van der Waals surface area contributed by atoms with E-state index in [0.29, 0.717) is 22.2 Å². The van der Waals surface area contributed by atoms with Gasteiger partial charge in [-0.3, -0.25) is 0 Å². The molecule has 3 aromatic carbocycles. The summed E-state index contributed by atoms with van der Waals surface area (Å²) in [5.74, 6) is 0.247. The van der Waals surface area contributed by atoms with Gasteiger partial charge in [0.25, 0.3) is 0 Å². The van der Waals surface area contributed by atoms with Crippen molar-refractivity contribution >= 4 is 28.9 Å². The van der Waals surface area contributed by atoms with Gasteiger partial charge in [-0.05, 0) is 35.9 Å². The summed E-state index contributed by atoms with van der Waals surface area (Å²) in [6.07, 6.45) is -0.0860. The van der Waals surface area contributed by atoms with E-state index in [-0.39, 0.29) is 11.6 Å². The van der Waals surface area contributed by atoms with Crippen molar-refractivity contribution in [1.82, 2.24) is 5.01 Å². The summed E-state index contributed by atoms with van der Waals surface area (Å²) in [6, 6.07) is 19.9. The molecule has 0 saturated heterocycles. The van der Waals surface area contributed by atoms with Crippen LogP contribution < -0.4 is 4.74 Å². The first-order valence-corrected chi connectivity index (χ1v) is 9.68. The molecule has 3 aromatic rings. The van der Waals surface area contributed by atoms with E-state index >= 15 is 0 Å². The fourth-order valence-corrected chi connectivity index (χ4v) is 4.24. The highest BCUT2D eigenvalue weighted by molar-refractivity contribution is 6.31. The summed E-state index contributed by atoms with van der Waals surface area (Å²) in [5.41, 5.74) is 3.16. The van der Waals surface area contributed by atoms with Crippen LogP contribution in [0.3, 0.4) is 0 Å². The van der Waals surface area contributed by atoms with Crippen LogP contribution in [0.5, 0.6) is 5.75 Å². The Morgan fingerprint density at radius 2 is 1.82 bits per heavy atom. The molecule has 5 rings (SSSR count). The van der Waals surface area contributed by atoms with Crippen LogP contribution in [-0.2, 0) is 0 Å². The quantitative estimate of drug-likeness (QED) is 0.487. The SMILES string of the molecule is Fc1cccc(Cl)c1C1Oc2ccc(Cl)cc2C2CC(c3ccccc3)=NN21. The molecule has 0 aliphatic carbocycles. The van der Waals surface area contributed by atoms with Crippen LogP contribution >= 0.6 is 23.2 Å². The topological polar surface area (TPSA) is 24.8 Å². The Morgan fingerprint density at radius 3 is 2.61 bits per heavy atom. The van der Waals surface area contributed by atoms with Crippen LogP contribution in [-0.4, -0.2) is 10.7 Å². The van der Waals surface area contributed by atoms with Gasteiger partial charge >= 0.3 is 0 Å². The van der Waals surface area contributed by atoms with Gasteiger partial charge in [-0.2, -0.15) is 5.10 Å². The molecule has 140 valence electrons. The number of nitrogens with zero attached hydrogens (tertiary/aromatic N) is 2. The van der Waals surface area contributed by atoms with E-state index in [9.17, 15) is 4.39 Å². The second kappa shape index (κ2) is 6.80. The Kier molecular flexibility index (Phi) is 4.26. The number of hydrogen-bond donors (Lipinski definition) is 0. The van der Waals surface area contributed by atoms with Gasteiger partial charge in [0.05, 0.1) is 22.3 Å². The average molecular weight is 413 g/mol. The molecule has 0 radical (unpaired) electrons. The van der Waals surface area contributed by atoms with Crippen molar-refractivity contribution in [2.45, 2.75) is 18.7 Å². The number of rotatable bonds is 2. The lowest BCUT2D eigenvalue weighted by Gasteiger charge is -2.38. The number of fused-ring (bicyclic) bond motifs is 3. The van der Waals surface area contributed by atoms with Crippen molar-refractivity contribution in [3.05, 3.63) is 99.3 Å². The molecule has 0 spiro atoms. The van der Waals surface area contributed by atoms with Crippen LogP contribution in [0.15, 0.2) is 71.8 Å². The lowest BCUT2D eigenvalue weighted by molar-refractivity contribution is -0.0211. The molecule has 0 saturated carbocycles. The molecule has 2 aliphatic rings. The van der Waals surface area contributed by atoms with Gasteiger partial charge in [-0.15, -0.1) is 0 Å². The summed E-state index contributed by atoms with van der Waals surface area (Å²) in [7, 11) is 0. The smallest absolute Gasteiger partial charge is 0.218 e. The Morgan fingerprint density at radius 1 is 1.00 bits per heavy atom. The minimum absolute atomic E-state index is 0.113. The molecule has 2 unspecified atom stereocenters. The largest absolute Gasteiger partial charge is 0.464 e. The third-order valence-corrected chi connectivity index (χ3v) is 5.67. The summed E-state index contributed by atoms with van der Waals surface area (Å²) in [5, 5.41) is 7.54. The van der Waals surface area contributed by atoms with Gasteiger partial charge in [0, 0.05) is 17.0 Å². The maximum Gasteiger partial charge on any atom is 0.218 e. The van der Waals surface area contributed by atoms with Crippen molar-refractivity contribution < 1.29 is 9.13 Å². The first kappa shape index (κ1) is 17.5. The Hall–Kier alpha value is -2.56. The minimum Gasteiger partial charge on any atom is -0.464 e. The van der Waals surface area contributed by atoms with Gasteiger partial charge in [-0.1, -0.05) is 59.6 Å². The standard InChI is InChI=1S/C22H15Cl2FN2O/c23-14-9-10-20-15(11-14)19-12-18(13-5-2-1-3-6-13)26-27(19)22(28-20)21-16(24)7-4-8-17(21)25/h1-11,19,22H,12H2. The molecule has 0 bridgehead atoms. The van der Waals surface area contributed by atoms with Crippen molar-refractivity contribution in [3.8, 4) is 5.75 Å². The van der Waals surface area contributed by atoms with E-state index in [2.05, 4.69) is 0 Å². The Bertz CT molecular complexity index is 1070. The van der Waals surface area contributed by atoms with Crippen LogP contribution in [0, 0.1) is 5.82 Å². The zero-order valence-corrected chi connectivity index (χ0v) is 16.2. The first-order valence-electron chi connectivity index (χ1n) is 8.93. The third kappa shape index (κ3) is 2.84. The lowest BCUT2D eigenvalue weighted by Crippen LogP contribution is -2.34. The molecular weight excluding hydrogens is 398 g/mol. The van der Waals surface area contributed by atoms with E-state index in [1.165, 1.54) is 6.07 Å². The average Bonchev–Trinajstić information content (AvgIpc) is 3.15. The number of hydrazone groups is 1. The second-order valence-electron chi connectivity index (χ2n) is 6.80. The fourth-order valence-electron chi connectivity index (χ4n) is 3.80. The van der Waals surface area contributed by atoms with Crippen molar-refractivity contribution in [1.29, 1.82) is 0 Å². The number of benzene rings is 3. The van der Waals surface area contributed by atoms with Gasteiger partial charge in [0.1, 0.15) is 11.6 Å². The number of halogens is 3. The maximum atomic E-state index is 14.7. The van der Waals surface area contributed by atoms with E-state index in [4.69, 9.17) is 33.0 Å². The molecule has 6 heteroatoms. The molecular formula is C22H15Cl2FN2O. The van der Waals surface area contributed by atoms with Gasteiger partial charge in [-0.25, -0.2) is 9.40 Å². The summed E-state index contributed by atoms with van der Waals surface area (Å²) < 4.78 is 20.9. The molecule has 28 heavy (non-hydrogen) atoms. The molecule has 0 amide bonds. The van der Waals surface area contributed by atoms with Crippen LogP contribution in [0.1, 0.15) is 35.4 Å². The fraction of sp³-hybridized carbons (Fsp3) is 0.136. The Labute approximate surface area is 172 Å². The summed E-state index contributed by atoms with van der Waals surface area (Å²) in [4.78, 5) is 0. The van der Waals surface area contributed by atoms with Gasteiger partial charge < -0.3 is 4.74 Å². The predicted octanol–water partition coefficient (Wildman–Crippen LogP) is 6.37. The van der Waals surface area contributed by atoms with Crippen LogP contribution in [0.4, 0.5) is 4.39 Å². The van der Waals surface area contributed by atoms with E-state index in [0.717, 1.165) is 16.8 Å². The van der Waals surface area contributed by atoms with Crippen LogP contribution in [0.2, 0.25) is 10.0 Å². The third-order valence-electron chi connectivity index (χ3n) is 5.11. The maximum absolute atomic E-state index is 14.7. The number of ether oxygens (including phenoxy) is 1. The number of hydrogen-bond acceptors (Lipinski definition) is 3. The molecule has 0 N–H and O–H groups in total. The second-order valence-corrected chi connectivity index (χ2v) is 7.64. The molecule has 3 nitrogen and oxygen atoms in total. The molecule has 0 aromatic heterocycles. The molecule has 0 fully saturated rings. The zero-order chi connectivity index (χ0) is 19.3. The van der Waals surface area contributed by atoms with Crippen molar-refractivity contribution in [2.75, 3.05) is 0 Å². The van der Waals surface area contributed by atoms with E-state index in [1.807, 2.05) is 42.5 Å². The summed E-state index contributed by atoms with van der Waals surface area (Å²) >= 11 is 12.6. The van der Waals surface area contributed by atoms with Crippen molar-refractivity contribution in [2.24, 2.45) is 5.10 Å². The minimum atomic E-state index is -0.756. The predicted molar refractivity (Wildman–Crippen MR) is 108 cm³/mol. The Balaban J connectivity index is 1.66. The highest BCUT2D eigenvalue weighted by atomic mass is 35.5. The molecule has 2 aliphatic heterocycles. The highest BCUT2D eigenvalue weighted by Gasteiger charge is 2.42. The first-order chi connectivity index (χ1) is 13.6.